The minimum absolute atomic E-state index is 0.268. The number of nitrogens with one attached hydrogen (secondary N) is 2. The van der Waals surface area contributed by atoms with Crippen molar-refractivity contribution in [1.29, 1.82) is 0 Å². The Labute approximate surface area is 210 Å². The minimum Gasteiger partial charge on any atom is -0.494 e. The maximum absolute atomic E-state index is 13.6. The van der Waals surface area contributed by atoms with Gasteiger partial charge in [-0.25, -0.2) is 0 Å². The summed E-state index contributed by atoms with van der Waals surface area (Å²) < 4.78 is 5.54. The van der Waals surface area contributed by atoms with E-state index in [0.717, 1.165) is 0 Å². The van der Waals surface area contributed by atoms with Gasteiger partial charge < -0.3 is 15.4 Å². The van der Waals surface area contributed by atoms with E-state index in [9.17, 15) is 14.4 Å². The fourth-order valence-electron chi connectivity index (χ4n) is 3.53. The number of amides is 3. The van der Waals surface area contributed by atoms with E-state index in [-0.39, 0.29) is 18.4 Å². The summed E-state index contributed by atoms with van der Waals surface area (Å²) in [6.45, 7) is 7.79. The lowest BCUT2D eigenvalue weighted by molar-refractivity contribution is -0.127. The van der Waals surface area contributed by atoms with Crippen LogP contribution in [-0.4, -0.2) is 36.4 Å². The predicted molar refractivity (Wildman–Crippen MR) is 139 cm³/mol. The van der Waals surface area contributed by atoms with E-state index < -0.39 is 17.5 Å². The van der Waals surface area contributed by atoms with Gasteiger partial charge in [0, 0.05) is 11.2 Å². The Morgan fingerprint density at radius 3 is 2.23 bits per heavy atom. The molecule has 3 amide bonds. The molecule has 1 atom stereocenters. The van der Waals surface area contributed by atoms with Crippen molar-refractivity contribution in [2.75, 3.05) is 18.1 Å². The molecule has 3 rings (SSSR count). The topological polar surface area (TPSA) is 87.7 Å². The van der Waals surface area contributed by atoms with E-state index in [0.29, 0.717) is 28.5 Å². The van der Waals surface area contributed by atoms with Crippen molar-refractivity contribution >= 4 is 34.7 Å². The average Bonchev–Trinajstić information content (AvgIpc) is 3.36. The molecule has 0 saturated heterocycles. The van der Waals surface area contributed by atoms with Crippen LogP contribution in [0.3, 0.4) is 0 Å². The third-order valence-electron chi connectivity index (χ3n) is 4.96. The maximum Gasteiger partial charge on any atom is 0.261 e. The summed E-state index contributed by atoms with van der Waals surface area (Å²) >= 11 is 1.29. The van der Waals surface area contributed by atoms with Gasteiger partial charge in [0.2, 0.25) is 11.8 Å². The van der Waals surface area contributed by atoms with Crippen molar-refractivity contribution < 1.29 is 19.1 Å². The lowest BCUT2D eigenvalue weighted by Gasteiger charge is -2.34. The number of ether oxygens (including phenoxy) is 1. The molecule has 1 aromatic heterocycles. The molecule has 8 heteroatoms. The molecular formula is C27H31N3O4S. The van der Waals surface area contributed by atoms with Crippen LogP contribution < -0.4 is 20.3 Å². The molecule has 1 unspecified atom stereocenters. The highest BCUT2D eigenvalue weighted by molar-refractivity contribution is 7.12. The smallest absolute Gasteiger partial charge is 0.261 e. The van der Waals surface area contributed by atoms with Crippen LogP contribution in [0.2, 0.25) is 0 Å². The average molecular weight is 494 g/mol. The number of hydrogen-bond acceptors (Lipinski definition) is 5. The molecule has 0 aliphatic carbocycles. The Morgan fingerprint density at radius 1 is 0.971 bits per heavy atom. The molecule has 0 bridgehead atoms. The SMILES string of the molecule is CCOc1ccc(N(C(=O)CNC(=O)c2cccs2)C(C(=O)NC(C)(C)C)c2ccccc2)cc1. The Balaban J connectivity index is 1.99. The molecular weight excluding hydrogens is 462 g/mol. The standard InChI is InChI=1S/C27H31N3O4S/c1-5-34-21-15-13-20(14-16-21)30(23(31)18-28-25(32)22-12-9-17-35-22)24(19-10-7-6-8-11-19)26(33)29-27(2,3)4/h6-17,24H,5,18H2,1-4H3,(H,28,32)(H,29,33). The summed E-state index contributed by atoms with van der Waals surface area (Å²) in [7, 11) is 0. The van der Waals surface area contributed by atoms with Crippen LogP contribution in [0.25, 0.3) is 0 Å². The summed E-state index contributed by atoms with van der Waals surface area (Å²) in [4.78, 5) is 41.6. The fraction of sp³-hybridized carbons (Fsp3) is 0.296. The Bertz CT molecular complexity index is 1120. The number of rotatable bonds is 9. The lowest BCUT2D eigenvalue weighted by atomic mass is 10.0. The van der Waals surface area contributed by atoms with Gasteiger partial charge in [-0.3, -0.25) is 19.3 Å². The van der Waals surface area contributed by atoms with Crippen molar-refractivity contribution in [3.8, 4) is 5.75 Å². The van der Waals surface area contributed by atoms with Crippen LogP contribution in [0.15, 0.2) is 72.1 Å². The molecule has 3 aromatic rings. The first kappa shape index (κ1) is 26.0. The zero-order chi connectivity index (χ0) is 25.4. The van der Waals surface area contributed by atoms with E-state index in [1.54, 1.807) is 41.8 Å². The fourth-order valence-corrected chi connectivity index (χ4v) is 4.17. The van der Waals surface area contributed by atoms with Crippen LogP contribution in [0.5, 0.6) is 5.75 Å². The number of carbonyl (C=O) groups excluding carboxylic acids is 3. The summed E-state index contributed by atoms with van der Waals surface area (Å²) in [6, 6.07) is 18.6. The van der Waals surface area contributed by atoms with Gasteiger partial charge in [-0.05, 0) is 69.0 Å². The molecule has 184 valence electrons. The summed E-state index contributed by atoms with van der Waals surface area (Å²) in [6.07, 6.45) is 0. The lowest BCUT2D eigenvalue weighted by Crippen LogP contribution is -2.51. The van der Waals surface area contributed by atoms with E-state index in [1.807, 2.05) is 58.0 Å². The largest absolute Gasteiger partial charge is 0.494 e. The van der Waals surface area contributed by atoms with Gasteiger partial charge in [-0.1, -0.05) is 36.4 Å². The molecule has 0 saturated carbocycles. The number of thiophene rings is 1. The highest BCUT2D eigenvalue weighted by atomic mass is 32.1. The summed E-state index contributed by atoms with van der Waals surface area (Å²) in [5, 5.41) is 7.48. The zero-order valence-electron chi connectivity index (χ0n) is 20.4. The van der Waals surface area contributed by atoms with Crippen molar-refractivity contribution in [3.05, 3.63) is 82.6 Å². The summed E-state index contributed by atoms with van der Waals surface area (Å²) in [5.41, 5.74) is 0.660. The number of benzene rings is 2. The van der Waals surface area contributed by atoms with Gasteiger partial charge in [-0.2, -0.15) is 0 Å². The van der Waals surface area contributed by atoms with Gasteiger partial charge in [0.05, 0.1) is 18.0 Å². The first-order chi connectivity index (χ1) is 16.7. The maximum atomic E-state index is 13.6. The van der Waals surface area contributed by atoms with Crippen molar-refractivity contribution in [3.63, 3.8) is 0 Å². The Morgan fingerprint density at radius 2 is 1.66 bits per heavy atom. The van der Waals surface area contributed by atoms with Crippen molar-refractivity contribution in [1.82, 2.24) is 10.6 Å². The van der Waals surface area contributed by atoms with Gasteiger partial charge in [0.1, 0.15) is 11.8 Å². The monoisotopic (exact) mass is 493 g/mol. The first-order valence-electron chi connectivity index (χ1n) is 11.4. The third kappa shape index (κ3) is 7.16. The highest BCUT2D eigenvalue weighted by Gasteiger charge is 2.34. The highest BCUT2D eigenvalue weighted by Crippen LogP contribution is 2.30. The zero-order valence-corrected chi connectivity index (χ0v) is 21.2. The number of anilines is 1. The van der Waals surface area contributed by atoms with E-state index >= 15 is 0 Å². The van der Waals surface area contributed by atoms with Crippen molar-refractivity contribution in [2.45, 2.75) is 39.3 Å². The third-order valence-corrected chi connectivity index (χ3v) is 5.83. The number of carbonyl (C=O) groups is 3. The van der Waals surface area contributed by atoms with Gasteiger partial charge in [0.15, 0.2) is 0 Å². The van der Waals surface area contributed by atoms with E-state index in [4.69, 9.17) is 4.74 Å². The van der Waals surface area contributed by atoms with E-state index in [1.165, 1.54) is 16.2 Å². The van der Waals surface area contributed by atoms with Crippen molar-refractivity contribution in [2.24, 2.45) is 0 Å². The second-order valence-corrected chi connectivity index (χ2v) is 9.85. The Hall–Kier alpha value is -3.65. The Kier molecular flexibility index (Phi) is 8.65. The molecule has 0 aliphatic rings. The molecule has 0 aliphatic heterocycles. The quantitative estimate of drug-likeness (QED) is 0.457. The predicted octanol–water partition coefficient (Wildman–Crippen LogP) is 4.57. The molecule has 35 heavy (non-hydrogen) atoms. The number of nitrogens with zero attached hydrogens (tertiary/aromatic N) is 1. The van der Waals surface area contributed by atoms with Gasteiger partial charge in [-0.15, -0.1) is 11.3 Å². The molecule has 2 aromatic carbocycles. The van der Waals surface area contributed by atoms with Gasteiger partial charge in [0.25, 0.3) is 5.91 Å². The normalized spacial score (nSPS) is 11.9. The van der Waals surface area contributed by atoms with E-state index in [2.05, 4.69) is 10.6 Å². The van der Waals surface area contributed by atoms with Gasteiger partial charge >= 0.3 is 0 Å². The molecule has 0 fully saturated rings. The molecule has 0 spiro atoms. The molecule has 1 heterocycles. The molecule has 0 radical (unpaired) electrons. The second-order valence-electron chi connectivity index (χ2n) is 8.90. The second kappa shape index (κ2) is 11.7. The van der Waals surface area contributed by atoms with Crippen LogP contribution in [0.1, 0.15) is 49.0 Å². The molecule has 2 N–H and O–H groups in total. The minimum atomic E-state index is -0.945. The van der Waals surface area contributed by atoms with Crippen LogP contribution in [-0.2, 0) is 9.59 Å². The molecule has 7 nitrogen and oxygen atoms in total. The van der Waals surface area contributed by atoms with Crippen LogP contribution in [0, 0.1) is 0 Å². The van der Waals surface area contributed by atoms with Crippen LogP contribution >= 0.6 is 11.3 Å². The first-order valence-corrected chi connectivity index (χ1v) is 12.3. The van der Waals surface area contributed by atoms with Crippen LogP contribution in [0.4, 0.5) is 5.69 Å². The summed E-state index contributed by atoms with van der Waals surface area (Å²) in [5.74, 6) is -0.423. The number of hydrogen-bond donors (Lipinski definition) is 2.